The van der Waals surface area contributed by atoms with Crippen LogP contribution < -0.4 is 15.8 Å². The van der Waals surface area contributed by atoms with Crippen LogP contribution in [0.1, 0.15) is 69.1 Å². The summed E-state index contributed by atoms with van der Waals surface area (Å²) in [6.45, 7) is 8.85. The minimum atomic E-state index is -3.41. The van der Waals surface area contributed by atoms with E-state index in [0.717, 1.165) is 22.6 Å². The van der Waals surface area contributed by atoms with Gasteiger partial charge in [0.1, 0.15) is 10.6 Å². The van der Waals surface area contributed by atoms with Crippen molar-refractivity contribution in [2.75, 3.05) is 24.8 Å². The van der Waals surface area contributed by atoms with Crippen LogP contribution in [0.15, 0.2) is 48.5 Å². The maximum Gasteiger partial charge on any atom is 0.351 e. The second-order valence-electron chi connectivity index (χ2n) is 13.0. The van der Waals surface area contributed by atoms with Crippen LogP contribution in [-0.4, -0.2) is 51.0 Å². The number of esters is 2. The molecule has 4 rings (SSSR count). The molecule has 9 nitrogen and oxygen atoms in total. The van der Waals surface area contributed by atoms with Gasteiger partial charge in [0.25, 0.3) is 0 Å². The Kier molecular flexibility index (Phi) is 10.5. The Morgan fingerprint density at radius 3 is 2.47 bits per heavy atom. The highest BCUT2D eigenvalue weighted by Crippen LogP contribution is 2.47. The smallest absolute Gasteiger partial charge is 0.351 e. The first-order valence-corrected chi connectivity index (χ1v) is 17.6. The highest BCUT2D eigenvalue weighted by Gasteiger charge is 2.44. The molecule has 244 valence electrons. The molecule has 2 aromatic carbocycles. The number of halogens is 1. The molecule has 2 atom stereocenters. The minimum absolute atomic E-state index is 0.0368. The van der Waals surface area contributed by atoms with Gasteiger partial charge in [0.05, 0.1) is 23.0 Å². The monoisotopic (exact) mass is 676 g/mol. The third kappa shape index (κ3) is 8.71. The third-order valence-corrected chi connectivity index (χ3v) is 11.8. The van der Waals surface area contributed by atoms with E-state index in [-0.39, 0.29) is 27.4 Å². The lowest BCUT2D eigenvalue weighted by atomic mass is 9.74. The first kappa shape index (κ1) is 34.6. The van der Waals surface area contributed by atoms with Gasteiger partial charge in [-0.2, -0.15) is 0 Å². The van der Waals surface area contributed by atoms with Crippen molar-refractivity contribution in [3.05, 3.63) is 64.0 Å². The van der Waals surface area contributed by atoms with Crippen LogP contribution in [0.25, 0.3) is 10.4 Å². The van der Waals surface area contributed by atoms with Gasteiger partial charge in [-0.05, 0) is 80.8 Å². The van der Waals surface area contributed by atoms with E-state index in [1.807, 2.05) is 38.1 Å². The highest BCUT2D eigenvalue weighted by atomic mass is 35.5. The molecule has 1 saturated carbocycles. The predicted octanol–water partition coefficient (Wildman–Crippen LogP) is 7.13. The Bertz CT molecular complexity index is 1660. The number of ether oxygens (including phenoxy) is 3. The van der Waals surface area contributed by atoms with Crippen molar-refractivity contribution in [2.24, 2.45) is 5.41 Å². The zero-order valence-corrected chi connectivity index (χ0v) is 28.8. The summed E-state index contributed by atoms with van der Waals surface area (Å²) >= 11 is 7.84. The summed E-state index contributed by atoms with van der Waals surface area (Å²) in [5, 5.41) is 3.29. The number of anilines is 2. The Morgan fingerprint density at radius 1 is 1.11 bits per heavy atom. The van der Waals surface area contributed by atoms with Crippen molar-refractivity contribution in [3.8, 4) is 16.2 Å². The first-order chi connectivity index (χ1) is 21.0. The number of hydrogen-bond acceptors (Lipinski definition) is 10. The van der Waals surface area contributed by atoms with E-state index in [1.54, 1.807) is 45.0 Å². The maximum absolute atomic E-state index is 13.5. The van der Waals surface area contributed by atoms with E-state index in [1.165, 1.54) is 7.11 Å². The van der Waals surface area contributed by atoms with Gasteiger partial charge in [-0.3, -0.25) is 0 Å². The number of thiophene rings is 1. The molecule has 45 heavy (non-hydrogen) atoms. The number of hydrogen-bond donors (Lipinski definition) is 2. The van der Waals surface area contributed by atoms with E-state index < -0.39 is 44.6 Å². The van der Waals surface area contributed by atoms with Crippen LogP contribution in [0.4, 0.5) is 11.4 Å². The van der Waals surface area contributed by atoms with Crippen molar-refractivity contribution >= 4 is 56.1 Å². The van der Waals surface area contributed by atoms with Gasteiger partial charge in [-0.15, -0.1) is 11.3 Å². The Hall–Kier alpha value is -3.28. The number of sulfone groups is 1. The molecule has 0 spiro atoms. The molecule has 1 heterocycles. The van der Waals surface area contributed by atoms with E-state index >= 15 is 0 Å². The largest absolute Gasteiger partial charge is 0.479 e. The lowest BCUT2D eigenvalue weighted by Crippen LogP contribution is -2.45. The van der Waals surface area contributed by atoms with E-state index in [0.29, 0.717) is 35.4 Å². The fraction of sp³-hybridized carbons (Fsp3) is 0.455. The second kappa shape index (κ2) is 13.6. The molecular formula is C33H41ClN2O7S2. The molecule has 1 unspecified atom stereocenters. The second-order valence-corrected chi connectivity index (χ2v) is 16.6. The standard InChI is InChI=1S/C33H41ClN2O7S2/c1-32(2,3)43-26(37)18-42-28-27(34)29(44-30(28)31(38)41-6)21-10-8-12-23(16-21)36-24-13-14-25(33(4,5)17-24)45(39,40)19-20-9-7-11-22(35)15-20/h7-12,15-16,24-25,36H,13-14,17-19,35H2,1-6H3/t24-,25?/m1/s1. The SMILES string of the molecule is COC(=O)c1sc(-c2cccc(N[C@@H]3CCC(S(=O)(=O)Cc4cccc(N)c4)C(C)(C)C3)c2)c(Cl)c1OCC(=O)OC(C)(C)C. The average Bonchev–Trinajstić information content (AvgIpc) is 3.25. The molecule has 0 bridgehead atoms. The molecule has 3 aromatic rings. The van der Waals surface area contributed by atoms with Gasteiger partial charge < -0.3 is 25.3 Å². The summed E-state index contributed by atoms with van der Waals surface area (Å²) < 4.78 is 42.9. The number of nitrogens with two attached hydrogens (primary N) is 1. The number of methoxy groups -OCH3 is 1. The van der Waals surface area contributed by atoms with Crippen LogP contribution in [0, 0.1) is 5.41 Å². The van der Waals surface area contributed by atoms with Crippen molar-refractivity contribution in [1.82, 2.24) is 0 Å². The van der Waals surface area contributed by atoms with Crippen LogP contribution in [0.5, 0.6) is 5.75 Å². The molecule has 0 radical (unpaired) electrons. The molecular weight excluding hydrogens is 636 g/mol. The lowest BCUT2D eigenvalue weighted by molar-refractivity contribution is -0.157. The molecule has 1 aliphatic rings. The molecule has 12 heteroatoms. The summed E-state index contributed by atoms with van der Waals surface area (Å²) in [6.07, 6.45) is 1.88. The summed E-state index contributed by atoms with van der Waals surface area (Å²) in [4.78, 5) is 25.6. The zero-order chi connectivity index (χ0) is 33.2. The van der Waals surface area contributed by atoms with E-state index in [2.05, 4.69) is 5.32 Å². The molecule has 3 N–H and O–H groups in total. The van der Waals surface area contributed by atoms with Crippen LogP contribution >= 0.6 is 22.9 Å². The minimum Gasteiger partial charge on any atom is -0.479 e. The van der Waals surface area contributed by atoms with Crippen molar-refractivity contribution < 1.29 is 32.2 Å². The van der Waals surface area contributed by atoms with E-state index in [4.69, 9.17) is 31.5 Å². The first-order valence-electron chi connectivity index (χ1n) is 14.7. The number of nitrogens with one attached hydrogen (secondary N) is 1. The van der Waals surface area contributed by atoms with Gasteiger partial charge in [0.15, 0.2) is 27.1 Å². The van der Waals surface area contributed by atoms with Gasteiger partial charge in [-0.1, -0.05) is 49.7 Å². The number of benzene rings is 2. The number of carbonyl (C=O) groups excluding carboxylic acids is 2. The Labute approximate surface area is 274 Å². The lowest BCUT2D eigenvalue weighted by Gasteiger charge is -2.42. The molecule has 1 aromatic heterocycles. The highest BCUT2D eigenvalue weighted by molar-refractivity contribution is 7.91. The molecule has 1 aliphatic carbocycles. The predicted molar refractivity (Wildman–Crippen MR) is 180 cm³/mol. The van der Waals surface area contributed by atoms with Crippen molar-refractivity contribution in [1.29, 1.82) is 0 Å². The van der Waals surface area contributed by atoms with Crippen LogP contribution in [-0.2, 0) is 29.9 Å². The summed E-state index contributed by atoms with van der Waals surface area (Å²) in [7, 11) is -2.15. The van der Waals surface area contributed by atoms with Crippen LogP contribution in [0.2, 0.25) is 5.02 Å². The maximum atomic E-state index is 13.5. The normalized spacial score (nSPS) is 18.2. The number of nitrogen functional groups attached to an aromatic ring is 1. The zero-order valence-electron chi connectivity index (χ0n) is 26.4. The van der Waals surface area contributed by atoms with E-state index in [9.17, 15) is 18.0 Å². The van der Waals surface area contributed by atoms with Gasteiger partial charge >= 0.3 is 11.9 Å². The van der Waals surface area contributed by atoms with Gasteiger partial charge in [0.2, 0.25) is 0 Å². The van der Waals surface area contributed by atoms with Gasteiger partial charge in [0, 0.05) is 17.4 Å². The molecule has 1 fully saturated rings. The van der Waals surface area contributed by atoms with Gasteiger partial charge in [-0.25, -0.2) is 18.0 Å². The summed E-state index contributed by atoms with van der Waals surface area (Å²) in [6, 6.07) is 14.7. The number of rotatable bonds is 10. The summed E-state index contributed by atoms with van der Waals surface area (Å²) in [5.74, 6) is -1.20. The Balaban J connectivity index is 1.50. The Morgan fingerprint density at radius 2 is 1.82 bits per heavy atom. The molecule has 0 amide bonds. The third-order valence-electron chi connectivity index (χ3n) is 7.60. The average molecular weight is 677 g/mol. The quantitative estimate of drug-likeness (QED) is 0.170. The van der Waals surface area contributed by atoms with Crippen LogP contribution in [0.3, 0.4) is 0 Å². The summed E-state index contributed by atoms with van der Waals surface area (Å²) in [5.41, 5.74) is 7.54. The number of carbonyl (C=O) groups is 2. The van der Waals surface area contributed by atoms with Crippen molar-refractivity contribution in [3.63, 3.8) is 0 Å². The molecule has 0 aliphatic heterocycles. The van der Waals surface area contributed by atoms with Crippen molar-refractivity contribution in [2.45, 2.75) is 76.5 Å². The fourth-order valence-corrected chi connectivity index (χ4v) is 9.73. The molecule has 0 saturated heterocycles. The fourth-order valence-electron chi connectivity index (χ4n) is 5.84. The topological polar surface area (TPSA) is 134 Å².